The molecule has 0 aliphatic rings. The first-order valence-electron chi connectivity index (χ1n) is 4.96. The minimum atomic E-state index is 0.140. The molecule has 0 spiro atoms. The second kappa shape index (κ2) is 23.1. The third-order valence-electron chi connectivity index (χ3n) is 1.03. The molecule has 1 aromatic carbocycles. The number of aliphatic hydroxyl groups is 1. The van der Waals surface area contributed by atoms with Gasteiger partial charge in [0.15, 0.2) is 0 Å². The van der Waals surface area contributed by atoms with Crippen LogP contribution in [0.2, 0.25) is 0 Å². The molecule has 14 heavy (non-hydrogen) atoms. The van der Waals surface area contributed by atoms with Crippen molar-refractivity contribution in [3.8, 4) is 0 Å². The number of aliphatic hydroxyl groups excluding tert-OH is 1. The van der Waals surface area contributed by atoms with Crippen LogP contribution in [-0.2, 0) is 6.61 Å². The Bertz CT molecular complexity index is 152. The second-order valence-electron chi connectivity index (χ2n) is 1.64. The van der Waals surface area contributed by atoms with E-state index in [1.807, 2.05) is 63.0 Å². The fourth-order valence-electron chi connectivity index (χ4n) is 0.583. The highest BCUT2D eigenvalue weighted by molar-refractivity contribution is 14.1. The summed E-state index contributed by atoms with van der Waals surface area (Å²) >= 11 is 2.15. The quantitative estimate of drug-likeness (QED) is 0.606. The molecule has 0 radical (unpaired) electrons. The van der Waals surface area contributed by atoms with Crippen molar-refractivity contribution in [3.05, 3.63) is 35.9 Å². The van der Waals surface area contributed by atoms with Gasteiger partial charge in [-0.15, -0.1) is 0 Å². The van der Waals surface area contributed by atoms with E-state index in [-0.39, 0.29) is 6.61 Å². The molecular weight excluding hydrogens is 287 g/mol. The predicted octanol–water partition coefficient (Wildman–Crippen LogP) is 4.28. The van der Waals surface area contributed by atoms with Crippen LogP contribution >= 0.6 is 22.6 Å². The predicted molar refractivity (Wildman–Crippen MR) is 75.0 cm³/mol. The molecule has 1 N–H and O–H groups in total. The Kier molecular flexibility index (Phi) is 32.1. The van der Waals surface area contributed by atoms with Crippen LogP contribution in [0.3, 0.4) is 0 Å². The van der Waals surface area contributed by atoms with E-state index < -0.39 is 0 Å². The third-order valence-corrected chi connectivity index (χ3v) is 1.03. The molecule has 1 rings (SSSR count). The van der Waals surface area contributed by atoms with Gasteiger partial charge in [-0.05, 0) is 10.5 Å². The lowest BCUT2D eigenvalue weighted by Crippen LogP contribution is -1.77. The van der Waals surface area contributed by atoms with Gasteiger partial charge in [-0.3, -0.25) is 0 Å². The second-order valence-corrected chi connectivity index (χ2v) is 1.64. The van der Waals surface area contributed by atoms with Crippen LogP contribution in [0.5, 0.6) is 0 Å². The van der Waals surface area contributed by atoms with Crippen molar-refractivity contribution in [3.63, 3.8) is 0 Å². The fraction of sp³-hybridized carbons (Fsp3) is 0.500. The molecule has 0 saturated carbocycles. The van der Waals surface area contributed by atoms with Crippen molar-refractivity contribution in [2.75, 3.05) is 4.93 Å². The first-order valence-corrected chi connectivity index (χ1v) is 7.12. The van der Waals surface area contributed by atoms with Gasteiger partial charge in [-0.1, -0.05) is 80.6 Å². The van der Waals surface area contributed by atoms with Crippen LogP contribution in [0.1, 0.15) is 33.3 Å². The minimum Gasteiger partial charge on any atom is -0.392 e. The molecule has 0 aliphatic carbocycles. The van der Waals surface area contributed by atoms with Gasteiger partial charge < -0.3 is 5.11 Å². The molecule has 1 nitrogen and oxygen atoms in total. The molecule has 0 aromatic heterocycles. The zero-order chi connectivity index (χ0) is 11.8. The summed E-state index contributed by atoms with van der Waals surface area (Å²) in [7, 11) is 0. The third kappa shape index (κ3) is 14.4. The van der Waals surface area contributed by atoms with Crippen molar-refractivity contribution < 1.29 is 5.11 Å². The molecule has 0 bridgehead atoms. The monoisotopic (exact) mass is 310 g/mol. The highest BCUT2D eigenvalue weighted by Gasteiger charge is 1.81. The van der Waals surface area contributed by atoms with E-state index in [4.69, 9.17) is 5.11 Å². The van der Waals surface area contributed by atoms with E-state index in [2.05, 4.69) is 22.6 Å². The molecule has 0 aliphatic heterocycles. The molecule has 0 atom stereocenters. The van der Waals surface area contributed by atoms with Crippen LogP contribution in [0.4, 0.5) is 0 Å². The highest BCUT2D eigenvalue weighted by atomic mass is 127. The van der Waals surface area contributed by atoms with Gasteiger partial charge >= 0.3 is 0 Å². The molecule has 84 valence electrons. The first kappa shape index (κ1) is 19.5. The van der Waals surface area contributed by atoms with Crippen molar-refractivity contribution >= 4 is 22.6 Å². The van der Waals surface area contributed by atoms with Crippen LogP contribution in [0.25, 0.3) is 0 Å². The molecule has 0 heterocycles. The summed E-state index contributed by atoms with van der Waals surface area (Å²) in [5, 5.41) is 8.54. The zero-order valence-electron chi connectivity index (χ0n) is 9.92. The van der Waals surface area contributed by atoms with Crippen LogP contribution in [0, 0.1) is 0 Å². The van der Waals surface area contributed by atoms with Gasteiger partial charge in [0.2, 0.25) is 0 Å². The molecule has 0 unspecified atom stereocenters. The van der Waals surface area contributed by atoms with E-state index >= 15 is 0 Å². The summed E-state index contributed by atoms with van der Waals surface area (Å²) in [6.07, 6.45) is 0. The average Bonchev–Trinajstić information content (AvgIpc) is 2.37. The summed E-state index contributed by atoms with van der Waals surface area (Å²) in [5.74, 6) is 0. The van der Waals surface area contributed by atoms with E-state index in [1.54, 1.807) is 0 Å². The zero-order valence-corrected chi connectivity index (χ0v) is 12.1. The van der Waals surface area contributed by atoms with Crippen LogP contribution in [-0.4, -0.2) is 10.0 Å². The molecule has 1 aromatic rings. The van der Waals surface area contributed by atoms with Gasteiger partial charge in [0.05, 0.1) is 6.61 Å². The molecule has 0 fully saturated rings. The number of hydrogen-bond acceptors (Lipinski definition) is 1. The standard InChI is InChI=1S/C7H8O.2C2H6.CH3I/c8-6-7-4-2-1-3-5-7;3*1-2/h1-5,8H,6H2;2*1-2H3;1H3. The van der Waals surface area contributed by atoms with E-state index in [9.17, 15) is 0 Å². The van der Waals surface area contributed by atoms with Crippen molar-refractivity contribution in [1.29, 1.82) is 0 Å². The smallest absolute Gasteiger partial charge is 0.0681 e. The highest BCUT2D eigenvalue weighted by Crippen LogP contribution is 1.95. The minimum absolute atomic E-state index is 0.140. The largest absolute Gasteiger partial charge is 0.392 e. The number of hydrogen-bond donors (Lipinski definition) is 1. The van der Waals surface area contributed by atoms with Gasteiger partial charge in [0, 0.05) is 0 Å². The maximum absolute atomic E-state index is 8.54. The Morgan fingerprint density at radius 2 is 1.29 bits per heavy atom. The average molecular weight is 310 g/mol. The number of halogens is 1. The molecule has 0 saturated heterocycles. The molecule has 0 amide bonds. The molecular formula is C12H23IO. The SMILES string of the molecule is CC.CC.CI.OCc1ccccc1. The summed E-state index contributed by atoms with van der Waals surface area (Å²) in [6.45, 7) is 8.14. The van der Waals surface area contributed by atoms with Gasteiger partial charge in [-0.2, -0.15) is 0 Å². The summed E-state index contributed by atoms with van der Waals surface area (Å²) in [4.78, 5) is 1.97. The van der Waals surface area contributed by atoms with Gasteiger partial charge in [-0.25, -0.2) is 0 Å². The van der Waals surface area contributed by atoms with Crippen molar-refractivity contribution in [2.45, 2.75) is 34.3 Å². The van der Waals surface area contributed by atoms with Crippen molar-refractivity contribution in [2.24, 2.45) is 0 Å². The number of rotatable bonds is 1. The Morgan fingerprint density at radius 3 is 1.50 bits per heavy atom. The van der Waals surface area contributed by atoms with Crippen LogP contribution in [0.15, 0.2) is 30.3 Å². The Balaban J connectivity index is -0.000000174. The van der Waals surface area contributed by atoms with Crippen molar-refractivity contribution in [1.82, 2.24) is 0 Å². The van der Waals surface area contributed by atoms with Gasteiger partial charge in [0.1, 0.15) is 0 Å². The lowest BCUT2D eigenvalue weighted by Gasteiger charge is -1.89. The Labute approximate surface area is 103 Å². The number of benzene rings is 1. The maximum atomic E-state index is 8.54. The van der Waals surface area contributed by atoms with E-state index in [0.29, 0.717) is 0 Å². The fourth-order valence-corrected chi connectivity index (χ4v) is 0.583. The van der Waals surface area contributed by atoms with E-state index in [1.165, 1.54) is 0 Å². The summed E-state index contributed by atoms with van der Waals surface area (Å²) in [5.41, 5.74) is 0.965. The lowest BCUT2D eigenvalue weighted by molar-refractivity contribution is 0.282. The summed E-state index contributed by atoms with van der Waals surface area (Å²) < 4.78 is 0. The number of alkyl halides is 1. The first-order chi connectivity index (χ1) is 6.93. The summed E-state index contributed by atoms with van der Waals surface area (Å²) in [6, 6.07) is 9.52. The lowest BCUT2D eigenvalue weighted by atomic mass is 10.2. The Morgan fingerprint density at radius 1 is 0.929 bits per heavy atom. The Hall–Kier alpha value is -0.0900. The normalized spacial score (nSPS) is 6.50. The topological polar surface area (TPSA) is 20.2 Å². The maximum Gasteiger partial charge on any atom is 0.0681 e. The molecule has 2 heteroatoms. The van der Waals surface area contributed by atoms with Gasteiger partial charge in [0.25, 0.3) is 0 Å². The van der Waals surface area contributed by atoms with Crippen LogP contribution < -0.4 is 0 Å². The van der Waals surface area contributed by atoms with E-state index in [0.717, 1.165) is 5.56 Å².